The number of fused-ring (bicyclic) bond motifs is 1. The van der Waals surface area contributed by atoms with Gasteiger partial charge in [-0.15, -0.1) is 0 Å². The molecule has 0 saturated carbocycles. The second kappa shape index (κ2) is 8.08. The van der Waals surface area contributed by atoms with Gasteiger partial charge in [0.25, 0.3) is 0 Å². The van der Waals surface area contributed by atoms with Crippen molar-refractivity contribution in [3.05, 3.63) is 47.8 Å². The molecule has 2 heterocycles. The maximum Gasteiger partial charge on any atom is 0.231 e. The molecule has 6 heteroatoms. The number of nitrogens with one attached hydrogen (secondary N) is 2. The molecule has 0 amide bonds. The molecule has 0 radical (unpaired) electrons. The van der Waals surface area contributed by atoms with Crippen LogP contribution in [-0.2, 0) is 6.54 Å². The van der Waals surface area contributed by atoms with Crippen molar-refractivity contribution in [2.75, 3.05) is 24.0 Å². The lowest BCUT2D eigenvalue weighted by atomic mass is 9.97. The van der Waals surface area contributed by atoms with Crippen LogP contribution in [0.5, 0.6) is 11.5 Å². The van der Waals surface area contributed by atoms with Gasteiger partial charge in [0, 0.05) is 19.2 Å². The first kappa shape index (κ1) is 16.7. The number of rotatable bonds is 7. The van der Waals surface area contributed by atoms with Crippen LogP contribution in [0.4, 0.5) is 11.6 Å². The van der Waals surface area contributed by atoms with Gasteiger partial charge >= 0.3 is 0 Å². The molecule has 2 aliphatic rings. The van der Waals surface area contributed by atoms with Crippen molar-refractivity contribution in [2.24, 2.45) is 0 Å². The summed E-state index contributed by atoms with van der Waals surface area (Å²) in [5, 5.41) is 6.73. The molecule has 0 atom stereocenters. The summed E-state index contributed by atoms with van der Waals surface area (Å²) in [5.74, 6) is 3.25. The lowest BCUT2D eigenvalue weighted by Crippen LogP contribution is -2.07. The van der Waals surface area contributed by atoms with E-state index in [9.17, 15) is 0 Å². The largest absolute Gasteiger partial charge is 0.454 e. The van der Waals surface area contributed by atoms with Crippen molar-refractivity contribution in [2.45, 2.75) is 38.6 Å². The minimum atomic E-state index is 0.296. The Bertz CT molecular complexity index is 791. The van der Waals surface area contributed by atoms with E-state index < -0.39 is 0 Å². The lowest BCUT2D eigenvalue weighted by molar-refractivity contribution is 0.174. The van der Waals surface area contributed by atoms with E-state index >= 15 is 0 Å². The smallest absolute Gasteiger partial charge is 0.231 e. The average Bonchev–Trinajstić information content (AvgIpc) is 3.15. The molecule has 2 aromatic rings. The summed E-state index contributed by atoms with van der Waals surface area (Å²) in [7, 11) is 0. The number of aromatic nitrogens is 2. The fourth-order valence-electron chi connectivity index (χ4n) is 3.28. The molecular weight excluding hydrogens is 328 g/mol. The molecule has 2 N–H and O–H groups in total. The summed E-state index contributed by atoms with van der Waals surface area (Å²) in [6.07, 6.45) is 10.2. The average molecular weight is 352 g/mol. The van der Waals surface area contributed by atoms with Crippen LogP contribution in [0.2, 0.25) is 0 Å². The lowest BCUT2D eigenvalue weighted by Gasteiger charge is -2.13. The summed E-state index contributed by atoms with van der Waals surface area (Å²) < 4.78 is 10.8. The maximum absolute atomic E-state index is 5.41. The van der Waals surface area contributed by atoms with Crippen LogP contribution in [0.1, 0.15) is 37.7 Å². The summed E-state index contributed by atoms with van der Waals surface area (Å²) in [4.78, 5) is 8.60. The number of benzene rings is 1. The van der Waals surface area contributed by atoms with Gasteiger partial charge < -0.3 is 20.1 Å². The zero-order valence-electron chi connectivity index (χ0n) is 14.8. The van der Waals surface area contributed by atoms with Gasteiger partial charge in [0.2, 0.25) is 6.79 Å². The quantitative estimate of drug-likeness (QED) is 0.731. The number of hydrogen-bond donors (Lipinski definition) is 2. The van der Waals surface area contributed by atoms with Crippen molar-refractivity contribution < 1.29 is 9.47 Å². The fraction of sp³-hybridized carbons (Fsp3) is 0.400. The molecule has 0 saturated heterocycles. The van der Waals surface area contributed by atoms with E-state index in [2.05, 4.69) is 26.7 Å². The first-order valence-electron chi connectivity index (χ1n) is 9.23. The molecule has 0 unspecified atom stereocenters. The van der Waals surface area contributed by atoms with Crippen LogP contribution >= 0.6 is 0 Å². The maximum atomic E-state index is 5.41. The van der Waals surface area contributed by atoms with Crippen LogP contribution in [0.3, 0.4) is 0 Å². The van der Waals surface area contributed by atoms with Gasteiger partial charge in [0.05, 0.1) is 0 Å². The van der Waals surface area contributed by atoms with Crippen molar-refractivity contribution in [1.82, 2.24) is 9.97 Å². The van der Waals surface area contributed by atoms with Gasteiger partial charge in [-0.1, -0.05) is 17.7 Å². The Balaban J connectivity index is 1.29. The van der Waals surface area contributed by atoms with Crippen molar-refractivity contribution in [1.29, 1.82) is 0 Å². The summed E-state index contributed by atoms with van der Waals surface area (Å²) in [6, 6.07) is 7.90. The Labute approximate surface area is 153 Å². The molecule has 1 aromatic heterocycles. The van der Waals surface area contributed by atoms with Crippen LogP contribution in [0, 0.1) is 0 Å². The molecule has 1 aliphatic carbocycles. The van der Waals surface area contributed by atoms with Crippen LogP contribution in [0.15, 0.2) is 42.2 Å². The second-order valence-corrected chi connectivity index (χ2v) is 6.61. The third-order valence-electron chi connectivity index (χ3n) is 4.71. The van der Waals surface area contributed by atoms with Crippen molar-refractivity contribution in [3.8, 4) is 11.5 Å². The highest BCUT2D eigenvalue weighted by molar-refractivity contribution is 5.48. The molecular formula is C20H24N4O2. The van der Waals surface area contributed by atoms with E-state index in [-0.39, 0.29) is 0 Å². The summed E-state index contributed by atoms with van der Waals surface area (Å²) in [5.41, 5.74) is 2.69. The zero-order chi connectivity index (χ0) is 17.6. The van der Waals surface area contributed by atoms with Gasteiger partial charge in [-0.3, -0.25) is 0 Å². The van der Waals surface area contributed by atoms with Gasteiger partial charge in [-0.2, -0.15) is 0 Å². The Kier molecular flexibility index (Phi) is 5.19. The molecule has 1 aliphatic heterocycles. The van der Waals surface area contributed by atoms with E-state index in [1.54, 1.807) is 11.9 Å². The van der Waals surface area contributed by atoms with E-state index in [1.807, 2.05) is 24.3 Å². The Morgan fingerprint density at radius 2 is 1.85 bits per heavy atom. The number of anilines is 2. The minimum Gasteiger partial charge on any atom is -0.454 e. The molecule has 0 spiro atoms. The third-order valence-corrected chi connectivity index (χ3v) is 4.71. The van der Waals surface area contributed by atoms with Gasteiger partial charge in [-0.05, 0) is 49.8 Å². The van der Waals surface area contributed by atoms with Crippen molar-refractivity contribution >= 4 is 11.6 Å². The molecule has 0 fully saturated rings. The highest BCUT2D eigenvalue weighted by Gasteiger charge is 2.13. The molecule has 136 valence electrons. The first-order chi connectivity index (χ1) is 12.9. The minimum absolute atomic E-state index is 0.296. The molecule has 0 bridgehead atoms. The van der Waals surface area contributed by atoms with E-state index in [4.69, 9.17) is 9.47 Å². The molecule has 4 rings (SSSR count). The standard InChI is InChI=1S/C20H24N4O2/c1-2-4-15(5-3-1)8-9-21-19-11-20(24-13-23-19)22-12-16-6-7-17-18(10-16)26-14-25-17/h4,6-7,10-11,13H,1-3,5,8-9,12,14H2,(H2,21,22,23,24). The topological polar surface area (TPSA) is 68.3 Å². The normalized spacial score (nSPS) is 15.5. The van der Waals surface area contributed by atoms with Gasteiger partial charge in [0.1, 0.15) is 18.0 Å². The second-order valence-electron chi connectivity index (χ2n) is 6.61. The van der Waals surface area contributed by atoms with E-state index in [0.29, 0.717) is 13.3 Å². The first-order valence-corrected chi connectivity index (χ1v) is 9.23. The monoisotopic (exact) mass is 352 g/mol. The van der Waals surface area contributed by atoms with Gasteiger partial charge in [-0.25, -0.2) is 9.97 Å². The highest BCUT2D eigenvalue weighted by Crippen LogP contribution is 2.32. The fourth-order valence-corrected chi connectivity index (χ4v) is 3.28. The third kappa shape index (κ3) is 4.25. The van der Waals surface area contributed by atoms with Crippen molar-refractivity contribution in [3.63, 3.8) is 0 Å². The number of nitrogens with zero attached hydrogens (tertiary/aromatic N) is 2. The van der Waals surface area contributed by atoms with Crippen LogP contribution < -0.4 is 20.1 Å². The number of hydrogen-bond acceptors (Lipinski definition) is 6. The summed E-state index contributed by atoms with van der Waals surface area (Å²) >= 11 is 0. The number of ether oxygens (including phenoxy) is 2. The Hall–Kier alpha value is -2.76. The molecule has 26 heavy (non-hydrogen) atoms. The highest BCUT2D eigenvalue weighted by atomic mass is 16.7. The number of allylic oxidation sites excluding steroid dienone is 1. The van der Waals surface area contributed by atoms with Gasteiger partial charge in [0.15, 0.2) is 11.5 Å². The molecule has 6 nitrogen and oxygen atoms in total. The SMILES string of the molecule is C1=C(CCNc2cc(NCc3ccc4c(c3)OCO4)ncn2)CCCC1. The van der Waals surface area contributed by atoms with E-state index in [0.717, 1.165) is 41.7 Å². The summed E-state index contributed by atoms with van der Waals surface area (Å²) in [6.45, 7) is 1.87. The Morgan fingerprint density at radius 1 is 0.962 bits per heavy atom. The zero-order valence-corrected chi connectivity index (χ0v) is 14.8. The predicted octanol–water partition coefficient (Wildman–Crippen LogP) is 4.12. The molecule has 1 aromatic carbocycles. The van der Waals surface area contributed by atoms with E-state index in [1.165, 1.54) is 25.7 Å². The Morgan fingerprint density at radius 3 is 2.73 bits per heavy atom. The van der Waals surface area contributed by atoms with Crippen LogP contribution in [0.25, 0.3) is 0 Å². The predicted molar refractivity (Wildman–Crippen MR) is 102 cm³/mol. The van der Waals surface area contributed by atoms with Crippen LogP contribution in [-0.4, -0.2) is 23.3 Å².